The second-order valence-corrected chi connectivity index (χ2v) is 11.2. The van der Waals surface area contributed by atoms with Crippen molar-refractivity contribution in [2.45, 2.75) is 26.3 Å². The molecule has 1 aliphatic rings. The fraction of sp³-hybridized carbons (Fsp3) is 0.294. The van der Waals surface area contributed by atoms with Crippen LogP contribution in [0.4, 0.5) is 0 Å². The number of hydrogen-bond acceptors (Lipinski definition) is 11. The Morgan fingerprint density at radius 1 is 1.00 bits per heavy atom. The molecule has 0 aliphatic carbocycles. The Bertz CT molecular complexity index is 1950. The standard InChI is InChI=1S/C34H34N2O9S/c1-6-16-43-30-24(8-7-9-26(30)41-4)29-28(33(39)44-18-17-40-3)20(2)35-34-36(29)31(37)27(46-34)19-23-14-15-25(45-23)21-10-12-22(13-11-21)32(38)42-5/h7-15,19,29H,6,16-18H2,1-5H3/b27-19+/t29-/m1/s1. The number of nitrogens with zero attached hydrogens (tertiary/aromatic N) is 2. The molecule has 0 spiro atoms. The highest BCUT2D eigenvalue weighted by atomic mass is 32.1. The summed E-state index contributed by atoms with van der Waals surface area (Å²) in [6.45, 7) is 4.35. The molecule has 0 radical (unpaired) electrons. The number of methoxy groups -OCH3 is 3. The SMILES string of the molecule is CCCOc1c(OC)cccc1[C@@H]1C(C(=O)OCCOC)=C(C)N=c2s/c(=C/c3ccc(-c4ccc(C(=O)OC)cc4)o3)c(=O)n21. The molecule has 0 unspecified atom stereocenters. The molecule has 11 nitrogen and oxygen atoms in total. The number of esters is 2. The summed E-state index contributed by atoms with van der Waals surface area (Å²) in [7, 11) is 4.38. The summed E-state index contributed by atoms with van der Waals surface area (Å²) in [6, 6.07) is 14.8. The fourth-order valence-corrected chi connectivity index (χ4v) is 6.07. The maximum absolute atomic E-state index is 14.2. The topological polar surface area (TPSA) is 128 Å². The van der Waals surface area contributed by atoms with E-state index in [4.69, 9.17) is 28.1 Å². The first-order valence-corrected chi connectivity index (χ1v) is 15.4. The van der Waals surface area contributed by atoms with Gasteiger partial charge in [0.2, 0.25) is 0 Å². The summed E-state index contributed by atoms with van der Waals surface area (Å²) >= 11 is 1.18. The first kappa shape index (κ1) is 32.5. The minimum absolute atomic E-state index is 0.0345. The molecule has 0 N–H and O–H groups in total. The van der Waals surface area contributed by atoms with Gasteiger partial charge < -0.3 is 28.1 Å². The van der Waals surface area contributed by atoms with Crippen LogP contribution in [0.2, 0.25) is 0 Å². The largest absolute Gasteiger partial charge is 0.493 e. The van der Waals surface area contributed by atoms with Gasteiger partial charge in [0.15, 0.2) is 16.3 Å². The van der Waals surface area contributed by atoms with Gasteiger partial charge in [0.05, 0.1) is 48.8 Å². The molecule has 12 heteroatoms. The number of hydrogen-bond donors (Lipinski definition) is 0. The molecule has 46 heavy (non-hydrogen) atoms. The van der Waals surface area contributed by atoms with Gasteiger partial charge in [-0.1, -0.05) is 42.5 Å². The van der Waals surface area contributed by atoms with Crippen LogP contribution < -0.4 is 24.4 Å². The van der Waals surface area contributed by atoms with E-state index in [0.29, 0.717) is 55.8 Å². The molecule has 5 rings (SSSR count). The predicted molar refractivity (Wildman–Crippen MR) is 171 cm³/mol. The first-order valence-electron chi connectivity index (χ1n) is 14.6. The van der Waals surface area contributed by atoms with Gasteiger partial charge in [0.1, 0.15) is 24.2 Å². The Morgan fingerprint density at radius 2 is 1.78 bits per heavy atom. The Labute approximate surface area is 269 Å². The van der Waals surface area contributed by atoms with Gasteiger partial charge in [-0.25, -0.2) is 14.6 Å². The summed E-state index contributed by atoms with van der Waals surface area (Å²) in [5.74, 6) is 0.849. The Morgan fingerprint density at radius 3 is 2.48 bits per heavy atom. The maximum Gasteiger partial charge on any atom is 0.338 e. The van der Waals surface area contributed by atoms with E-state index in [2.05, 4.69) is 4.99 Å². The van der Waals surface area contributed by atoms with Crippen LogP contribution in [-0.2, 0) is 19.0 Å². The Hall–Kier alpha value is -4.94. The predicted octanol–water partition coefficient (Wildman–Crippen LogP) is 4.27. The van der Waals surface area contributed by atoms with E-state index >= 15 is 0 Å². The van der Waals surface area contributed by atoms with Crippen LogP contribution in [0, 0.1) is 0 Å². The average Bonchev–Trinajstić information content (AvgIpc) is 3.66. The summed E-state index contributed by atoms with van der Waals surface area (Å²) in [5, 5.41) is 0. The van der Waals surface area contributed by atoms with Crippen LogP contribution in [0.5, 0.6) is 11.5 Å². The van der Waals surface area contributed by atoms with Gasteiger partial charge in [-0.3, -0.25) is 9.36 Å². The van der Waals surface area contributed by atoms with E-state index in [-0.39, 0.29) is 24.3 Å². The second kappa shape index (κ2) is 14.4. The van der Waals surface area contributed by atoms with Crippen LogP contribution >= 0.6 is 11.3 Å². The molecular weight excluding hydrogens is 612 g/mol. The van der Waals surface area contributed by atoms with Gasteiger partial charge in [-0.05, 0) is 43.7 Å². The van der Waals surface area contributed by atoms with Crippen LogP contribution in [0.15, 0.2) is 80.1 Å². The van der Waals surface area contributed by atoms with Crippen LogP contribution in [0.3, 0.4) is 0 Å². The van der Waals surface area contributed by atoms with Gasteiger partial charge in [0.25, 0.3) is 5.56 Å². The highest BCUT2D eigenvalue weighted by Crippen LogP contribution is 2.41. The molecular formula is C34H34N2O9S. The first-order chi connectivity index (χ1) is 22.3. The zero-order valence-electron chi connectivity index (χ0n) is 26.2. The molecule has 2 aromatic heterocycles. The number of thiazole rings is 1. The average molecular weight is 647 g/mol. The third kappa shape index (κ3) is 6.53. The summed E-state index contributed by atoms with van der Waals surface area (Å²) in [4.78, 5) is 44.6. The van der Waals surface area contributed by atoms with E-state index in [1.165, 1.54) is 37.2 Å². The number of benzene rings is 2. The molecule has 4 aromatic rings. The number of rotatable bonds is 12. The molecule has 0 bridgehead atoms. The number of aromatic nitrogens is 1. The van der Waals surface area contributed by atoms with Crippen molar-refractivity contribution < 1.29 is 37.7 Å². The van der Waals surface area contributed by atoms with Crippen molar-refractivity contribution in [1.82, 2.24) is 4.57 Å². The molecule has 1 aliphatic heterocycles. The van der Waals surface area contributed by atoms with Crippen LogP contribution in [0.1, 0.15) is 48.0 Å². The molecule has 0 saturated heterocycles. The zero-order valence-corrected chi connectivity index (χ0v) is 27.0. The minimum Gasteiger partial charge on any atom is -0.493 e. The van der Waals surface area contributed by atoms with Gasteiger partial charge in [0, 0.05) is 24.3 Å². The third-order valence-electron chi connectivity index (χ3n) is 7.23. The number of furan rings is 1. The fourth-order valence-electron chi connectivity index (χ4n) is 5.04. The minimum atomic E-state index is -0.907. The van der Waals surface area contributed by atoms with Crippen molar-refractivity contribution >= 4 is 29.4 Å². The molecule has 0 saturated carbocycles. The normalized spacial score (nSPS) is 14.5. The van der Waals surface area contributed by atoms with Gasteiger partial charge >= 0.3 is 11.9 Å². The quantitative estimate of drug-likeness (QED) is 0.164. The highest BCUT2D eigenvalue weighted by Gasteiger charge is 2.36. The van der Waals surface area contributed by atoms with E-state index in [1.807, 2.05) is 6.92 Å². The van der Waals surface area contributed by atoms with Crippen LogP contribution in [-0.4, -0.2) is 57.7 Å². The molecule has 0 fully saturated rings. The lowest BCUT2D eigenvalue weighted by Crippen LogP contribution is -2.40. The van der Waals surface area contributed by atoms with E-state index in [9.17, 15) is 14.4 Å². The van der Waals surface area contributed by atoms with E-state index in [1.54, 1.807) is 67.6 Å². The number of allylic oxidation sites excluding steroid dienone is 1. The third-order valence-corrected chi connectivity index (χ3v) is 8.21. The lowest BCUT2D eigenvalue weighted by atomic mass is 9.94. The second-order valence-electron chi connectivity index (χ2n) is 10.2. The molecule has 0 amide bonds. The number of carbonyl (C=O) groups is 2. The van der Waals surface area contributed by atoms with Crippen LogP contribution in [0.25, 0.3) is 17.4 Å². The summed E-state index contributed by atoms with van der Waals surface area (Å²) < 4.78 is 35.0. The van der Waals surface area contributed by atoms with Crippen molar-refractivity contribution in [2.24, 2.45) is 4.99 Å². The van der Waals surface area contributed by atoms with Gasteiger partial charge in [-0.15, -0.1) is 0 Å². The molecule has 2 aromatic carbocycles. The molecule has 1 atom stereocenters. The zero-order chi connectivity index (χ0) is 32.8. The smallest absolute Gasteiger partial charge is 0.338 e. The van der Waals surface area contributed by atoms with Crippen molar-refractivity contribution in [3.63, 3.8) is 0 Å². The summed E-state index contributed by atoms with van der Waals surface area (Å²) in [6.07, 6.45) is 2.38. The monoisotopic (exact) mass is 646 g/mol. The van der Waals surface area contributed by atoms with Crippen molar-refractivity contribution in [3.8, 4) is 22.8 Å². The number of carbonyl (C=O) groups excluding carboxylic acids is 2. The number of fused-ring (bicyclic) bond motifs is 1. The Balaban J connectivity index is 1.61. The van der Waals surface area contributed by atoms with Crippen molar-refractivity contribution in [3.05, 3.63) is 102 Å². The lowest BCUT2D eigenvalue weighted by molar-refractivity contribution is -0.140. The number of para-hydroxylation sites is 1. The Kier molecular flexibility index (Phi) is 10.2. The maximum atomic E-state index is 14.2. The molecule has 240 valence electrons. The summed E-state index contributed by atoms with van der Waals surface area (Å²) in [5.41, 5.74) is 1.99. The highest BCUT2D eigenvalue weighted by molar-refractivity contribution is 7.07. The van der Waals surface area contributed by atoms with Crippen molar-refractivity contribution in [2.75, 3.05) is 41.2 Å². The molecule has 3 heterocycles. The number of ether oxygens (including phenoxy) is 5. The lowest BCUT2D eigenvalue weighted by Gasteiger charge is -2.27. The van der Waals surface area contributed by atoms with E-state index in [0.717, 1.165) is 12.0 Å². The van der Waals surface area contributed by atoms with Gasteiger partial charge in [-0.2, -0.15) is 0 Å². The van der Waals surface area contributed by atoms with Crippen molar-refractivity contribution in [1.29, 1.82) is 0 Å². The van der Waals surface area contributed by atoms with E-state index < -0.39 is 18.0 Å².